The minimum Gasteiger partial charge on any atom is -0.440 e. The van der Waals surface area contributed by atoms with Gasteiger partial charge in [-0.25, -0.2) is 4.79 Å². The summed E-state index contributed by atoms with van der Waals surface area (Å²) in [7, 11) is 0. The first-order valence-corrected chi connectivity index (χ1v) is 8.34. The third kappa shape index (κ3) is 5.66. The number of halogens is 3. The largest absolute Gasteiger partial charge is 0.440 e. The number of nitrogens with one attached hydrogen (secondary N) is 1. The SMILES string of the molecule is Cc1ccccc1-n1c(C)nnc1SCCNC(=O)OCC(F)(F)F. The van der Waals surface area contributed by atoms with Crippen molar-refractivity contribution in [3.8, 4) is 5.69 Å². The van der Waals surface area contributed by atoms with Crippen LogP contribution in [0.25, 0.3) is 5.69 Å². The van der Waals surface area contributed by atoms with Crippen LogP contribution in [0.3, 0.4) is 0 Å². The topological polar surface area (TPSA) is 69.0 Å². The van der Waals surface area contributed by atoms with Gasteiger partial charge in [-0.2, -0.15) is 13.2 Å². The zero-order valence-corrected chi connectivity index (χ0v) is 14.4. The second-order valence-electron chi connectivity index (χ2n) is 5.12. The fourth-order valence-corrected chi connectivity index (χ4v) is 2.87. The van der Waals surface area contributed by atoms with Gasteiger partial charge >= 0.3 is 12.3 Å². The minimum absolute atomic E-state index is 0.140. The van der Waals surface area contributed by atoms with E-state index in [-0.39, 0.29) is 6.54 Å². The Morgan fingerprint density at radius 1 is 1.28 bits per heavy atom. The molecule has 25 heavy (non-hydrogen) atoms. The minimum atomic E-state index is -4.53. The number of amides is 1. The number of ether oxygens (including phenoxy) is 1. The number of para-hydroxylation sites is 1. The molecule has 0 aliphatic heterocycles. The number of alkyl halides is 3. The van der Waals surface area contributed by atoms with E-state index >= 15 is 0 Å². The van der Waals surface area contributed by atoms with Gasteiger partial charge in [-0.05, 0) is 25.5 Å². The Morgan fingerprint density at radius 2 is 2.00 bits per heavy atom. The van der Waals surface area contributed by atoms with Crippen LogP contribution in [0, 0.1) is 13.8 Å². The summed E-state index contributed by atoms with van der Waals surface area (Å²) in [6.07, 6.45) is -5.64. The van der Waals surface area contributed by atoms with Gasteiger partial charge in [0.1, 0.15) is 5.82 Å². The lowest BCUT2D eigenvalue weighted by molar-refractivity contribution is -0.160. The molecule has 136 valence electrons. The quantitative estimate of drug-likeness (QED) is 0.621. The Labute approximate surface area is 146 Å². The first-order chi connectivity index (χ1) is 11.8. The molecule has 0 unspecified atom stereocenters. The maximum absolute atomic E-state index is 11.9. The van der Waals surface area contributed by atoms with Crippen LogP contribution in [0.1, 0.15) is 11.4 Å². The number of carbonyl (C=O) groups excluding carboxylic acids is 1. The molecule has 0 spiro atoms. The van der Waals surface area contributed by atoms with Crippen LogP contribution in [0.4, 0.5) is 18.0 Å². The molecular weight excluding hydrogens is 357 g/mol. The van der Waals surface area contributed by atoms with Gasteiger partial charge in [-0.3, -0.25) is 4.57 Å². The van der Waals surface area contributed by atoms with Crippen LogP contribution < -0.4 is 5.32 Å². The highest BCUT2D eigenvalue weighted by molar-refractivity contribution is 7.99. The molecule has 1 N–H and O–H groups in total. The fourth-order valence-electron chi connectivity index (χ4n) is 2.02. The summed E-state index contributed by atoms with van der Waals surface area (Å²) in [5, 5.41) is 11.1. The van der Waals surface area contributed by atoms with E-state index in [0.29, 0.717) is 16.7 Å². The monoisotopic (exact) mass is 374 g/mol. The molecule has 1 amide bonds. The normalized spacial score (nSPS) is 11.4. The third-order valence-corrected chi connectivity index (χ3v) is 4.05. The third-order valence-electron chi connectivity index (χ3n) is 3.12. The van der Waals surface area contributed by atoms with Crippen LogP contribution in [-0.4, -0.2) is 45.9 Å². The van der Waals surface area contributed by atoms with Gasteiger partial charge in [0.15, 0.2) is 11.8 Å². The fraction of sp³-hybridized carbons (Fsp3) is 0.400. The van der Waals surface area contributed by atoms with E-state index in [1.54, 1.807) is 0 Å². The average Bonchev–Trinajstić information content (AvgIpc) is 2.90. The first kappa shape index (κ1) is 19.1. The van der Waals surface area contributed by atoms with Crippen LogP contribution in [0.5, 0.6) is 0 Å². The van der Waals surface area contributed by atoms with Crippen molar-refractivity contribution in [3.63, 3.8) is 0 Å². The summed E-state index contributed by atoms with van der Waals surface area (Å²) in [4.78, 5) is 11.2. The van der Waals surface area contributed by atoms with Gasteiger partial charge in [-0.15, -0.1) is 10.2 Å². The molecule has 0 saturated heterocycles. The second-order valence-corrected chi connectivity index (χ2v) is 6.18. The lowest BCUT2D eigenvalue weighted by Crippen LogP contribution is -2.30. The van der Waals surface area contributed by atoms with Gasteiger partial charge in [0, 0.05) is 12.3 Å². The van der Waals surface area contributed by atoms with E-state index in [9.17, 15) is 18.0 Å². The summed E-state index contributed by atoms with van der Waals surface area (Å²) < 4.78 is 41.8. The van der Waals surface area contributed by atoms with Crippen molar-refractivity contribution in [2.75, 3.05) is 18.9 Å². The number of alkyl carbamates (subject to hydrolysis) is 1. The predicted molar refractivity (Wildman–Crippen MR) is 87.0 cm³/mol. The molecule has 10 heteroatoms. The van der Waals surface area contributed by atoms with Gasteiger partial charge < -0.3 is 10.1 Å². The molecule has 0 atom stereocenters. The summed E-state index contributed by atoms with van der Waals surface area (Å²) >= 11 is 1.33. The molecule has 1 aromatic carbocycles. The van der Waals surface area contributed by atoms with Gasteiger partial charge in [0.25, 0.3) is 0 Å². The predicted octanol–water partition coefficient (Wildman–Crippen LogP) is 3.26. The second kappa shape index (κ2) is 8.24. The maximum atomic E-state index is 11.9. The maximum Gasteiger partial charge on any atom is 0.422 e. The smallest absolute Gasteiger partial charge is 0.422 e. The van der Waals surface area contributed by atoms with Crippen molar-refractivity contribution in [2.45, 2.75) is 25.2 Å². The van der Waals surface area contributed by atoms with Crippen molar-refractivity contribution < 1.29 is 22.7 Å². The summed E-state index contributed by atoms with van der Waals surface area (Å²) in [5.74, 6) is 1.12. The molecule has 0 saturated carbocycles. The van der Waals surface area contributed by atoms with Crippen molar-refractivity contribution in [1.29, 1.82) is 0 Å². The Balaban J connectivity index is 1.89. The lowest BCUT2D eigenvalue weighted by atomic mass is 10.2. The highest BCUT2D eigenvalue weighted by atomic mass is 32.2. The number of rotatable bonds is 6. The van der Waals surface area contributed by atoms with Gasteiger partial charge in [0.2, 0.25) is 0 Å². The summed E-state index contributed by atoms with van der Waals surface area (Å²) in [5.41, 5.74) is 2.01. The summed E-state index contributed by atoms with van der Waals surface area (Å²) in [6.45, 7) is 2.34. The van der Waals surface area contributed by atoms with Crippen molar-refractivity contribution >= 4 is 17.9 Å². The van der Waals surface area contributed by atoms with Crippen molar-refractivity contribution in [1.82, 2.24) is 20.1 Å². The zero-order valence-electron chi connectivity index (χ0n) is 13.6. The van der Waals surface area contributed by atoms with E-state index in [1.807, 2.05) is 42.7 Å². The van der Waals surface area contributed by atoms with E-state index < -0.39 is 18.9 Å². The number of aromatic nitrogens is 3. The zero-order chi connectivity index (χ0) is 18.4. The molecule has 1 aromatic heterocycles. The van der Waals surface area contributed by atoms with Crippen molar-refractivity contribution in [3.05, 3.63) is 35.7 Å². The molecule has 2 rings (SSSR count). The lowest BCUT2D eigenvalue weighted by Gasteiger charge is -2.11. The molecular formula is C15H17F3N4O2S. The molecule has 0 radical (unpaired) electrons. The van der Waals surface area contributed by atoms with Crippen LogP contribution >= 0.6 is 11.8 Å². The Morgan fingerprint density at radius 3 is 2.68 bits per heavy atom. The molecule has 2 aromatic rings. The number of hydrogen-bond acceptors (Lipinski definition) is 5. The number of nitrogens with zero attached hydrogens (tertiary/aromatic N) is 3. The van der Waals surface area contributed by atoms with Crippen LogP contribution in [0.2, 0.25) is 0 Å². The van der Waals surface area contributed by atoms with Crippen molar-refractivity contribution in [2.24, 2.45) is 0 Å². The standard InChI is InChI=1S/C15H17F3N4O2S/c1-10-5-3-4-6-12(10)22-11(2)20-21-13(22)25-8-7-19-14(23)24-9-15(16,17)18/h3-6H,7-9H2,1-2H3,(H,19,23). The Hall–Kier alpha value is -2.23. The Bertz CT molecular complexity index is 734. The molecule has 0 aliphatic rings. The van der Waals surface area contributed by atoms with Gasteiger partial charge in [0.05, 0.1) is 5.69 Å². The van der Waals surface area contributed by atoms with Crippen LogP contribution in [0.15, 0.2) is 29.4 Å². The Kier molecular flexibility index (Phi) is 6.29. The van der Waals surface area contributed by atoms with E-state index in [0.717, 1.165) is 11.3 Å². The summed E-state index contributed by atoms with van der Waals surface area (Å²) in [6, 6.07) is 7.76. The molecule has 0 aliphatic carbocycles. The van der Waals surface area contributed by atoms with Gasteiger partial charge in [-0.1, -0.05) is 30.0 Å². The molecule has 0 fully saturated rings. The number of thioether (sulfide) groups is 1. The molecule has 0 bridgehead atoms. The van der Waals surface area contributed by atoms with E-state index in [2.05, 4.69) is 20.3 Å². The number of carbonyl (C=O) groups is 1. The first-order valence-electron chi connectivity index (χ1n) is 7.36. The van der Waals surface area contributed by atoms with Crippen LogP contribution in [-0.2, 0) is 4.74 Å². The average molecular weight is 374 g/mol. The molecule has 1 heterocycles. The highest BCUT2D eigenvalue weighted by Gasteiger charge is 2.29. The van der Waals surface area contributed by atoms with E-state index in [1.165, 1.54) is 11.8 Å². The highest BCUT2D eigenvalue weighted by Crippen LogP contribution is 2.23. The van der Waals surface area contributed by atoms with E-state index in [4.69, 9.17) is 0 Å². The number of benzene rings is 1. The number of hydrogen-bond donors (Lipinski definition) is 1. The molecule has 6 nitrogen and oxygen atoms in total. The number of aryl methyl sites for hydroxylation is 2.